The van der Waals surface area contributed by atoms with Crippen LogP contribution in [0.3, 0.4) is 0 Å². The van der Waals surface area contributed by atoms with E-state index in [0.29, 0.717) is 5.56 Å². The fourth-order valence-electron chi connectivity index (χ4n) is 1.89. The first-order valence-corrected chi connectivity index (χ1v) is 5.92. The van der Waals surface area contributed by atoms with E-state index in [1.165, 1.54) is 12.1 Å². The molecule has 0 bridgehead atoms. The Balaban J connectivity index is 3.05. The quantitative estimate of drug-likeness (QED) is 0.802. The molecule has 0 spiro atoms. The Morgan fingerprint density at radius 2 is 2.00 bits per heavy atom. The number of carboxylic acid groups (broad SMARTS) is 1. The number of para-hydroxylation sites is 1. The van der Waals surface area contributed by atoms with Gasteiger partial charge >= 0.3 is 12.1 Å². The highest BCUT2D eigenvalue weighted by atomic mass is 79.9. The fraction of sp³-hybridized carbons (Fsp3) is 0.167. The average molecular weight is 334 g/mol. The van der Waals surface area contributed by atoms with Crippen LogP contribution in [-0.4, -0.2) is 16.1 Å². The molecule has 7 heteroatoms. The minimum absolute atomic E-state index is 0.131. The molecule has 0 radical (unpaired) electrons. The van der Waals surface area contributed by atoms with Gasteiger partial charge in [0.05, 0.1) is 11.1 Å². The number of aryl methyl sites for hydroxylation is 1. The Hall–Kier alpha value is -1.63. The topological polar surface area (TPSA) is 50.2 Å². The number of benzene rings is 1. The molecule has 0 fully saturated rings. The van der Waals surface area contributed by atoms with Gasteiger partial charge in [0.15, 0.2) is 0 Å². The molecule has 0 amide bonds. The summed E-state index contributed by atoms with van der Waals surface area (Å²) in [5.74, 6) is -1.67. The van der Waals surface area contributed by atoms with E-state index in [1.807, 2.05) is 0 Å². The predicted molar refractivity (Wildman–Crippen MR) is 66.1 cm³/mol. The van der Waals surface area contributed by atoms with Crippen LogP contribution in [0.4, 0.5) is 13.2 Å². The van der Waals surface area contributed by atoms with Crippen LogP contribution in [-0.2, 0) is 6.18 Å². The van der Waals surface area contributed by atoms with E-state index in [9.17, 15) is 18.0 Å². The van der Waals surface area contributed by atoms with E-state index in [2.05, 4.69) is 20.9 Å². The second-order valence-corrected chi connectivity index (χ2v) is 4.68. The van der Waals surface area contributed by atoms with E-state index in [4.69, 9.17) is 5.11 Å². The van der Waals surface area contributed by atoms with Crippen molar-refractivity contribution in [2.75, 3.05) is 0 Å². The third-order valence-electron chi connectivity index (χ3n) is 2.67. The number of alkyl halides is 3. The van der Waals surface area contributed by atoms with Crippen LogP contribution in [0.15, 0.2) is 22.8 Å². The maximum absolute atomic E-state index is 13.1. The number of halogens is 4. The van der Waals surface area contributed by atoms with Crippen LogP contribution in [0.5, 0.6) is 0 Å². The summed E-state index contributed by atoms with van der Waals surface area (Å²) in [5.41, 5.74) is -1.38. The summed E-state index contributed by atoms with van der Waals surface area (Å²) in [7, 11) is 0. The smallest absolute Gasteiger partial charge is 0.418 e. The van der Waals surface area contributed by atoms with Gasteiger partial charge in [0.25, 0.3) is 0 Å². The largest absolute Gasteiger partial charge is 0.478 e. The molecule has 3 nitrogen and oxygen atoms in total. The van der Waals surface area contributed by atoms with Crippen molar-refractivity contribution in [3.05, 3.63) is 39.5 Å². The van der Waals surface area contributed by atoms with Crippen molar-refractivity contribution in [2.45, 2.75) is 13.1 Å². The summed E-state index contributed by atoms with van der Waals surface area (Å²) >= 11 is 2.80. The number of hydrogen-bond acceptors (Lipinski definition) is 2. The first kappa shape index (κ1) is 13.8. The molecule has 19 heavy (non-hydrogen) atoms. The molecule has 0 aliphatic carbocycles. The van der Waals surface area contributed by atoms with Gasteiger partial charge in [0, 0.05) is 5.39 Å². The third-order valence-corrected chi connectivity index (χ3v) is 3.24. The lowest BCUT2D eigenvalue weighted by Gasteiger charge is -2.15. The Morgan fingerprint density at radius 1 is 1.37 bits per heavy atom. The minimum Gasteiger partial charge on any atom is -0.478 e. The number of fused-ring (bicyclic) bond motifs is 1. The SMILES string of the molecule is Cc1cccc2c(C(F)(F)F)c(C(=O)O)c(Br)nc12. The molecule has 0 saturated carbocycles. The van der Waals surface area contributed by atoms with Crippen LogP contribution in [0.25, 0.3) is 10.9 Å². The molecule has 100 valence electrons. The van der Waals surface area contributed by atoms with Gasteiger partial charge in [0.1, 0.15) is 10.2 Å². The monoisotopic (exact) mass is 333 g/mol. The summed E-state index contributed by atoms with van der Waals surface area (Å²) in [5, 5.41) is 8.75. The van der Waals surface area contributed by atoms with Gasteiger partial charge in [-0.25, -0.2) is 9.78 Å². The van der Waals surface area contributed by atoms with Crippen LogP contribution >= 0.6 is 15.9 Å². The zero-order valence-corrected chi connectivity index (χ0v) is 11.1. The van der Waals surface area contributed by atoms with E-state index < -0.39 is 23.3 Å². The van der Waals surface area contributed by atoms with Crippen molar-refractivity contribution < 1.29 is 23.1 Å². The van der Waals surface area contributed by atoms with Crippen molar-refractivity contribution in [3.8, 4) is 0 Å². The third kappa shape index (κ3) is 2.30. The maximum atomic E-state index is 13.1. The molecule has 1 aromatic carbocycles. The van der Waals surface area contributed by atoms with Gasteiger partial charge in [-0.15, -0.1) is 0 Å². The summed E-state index contributed by atoms with van der Waals surface area (Å²) < 4.78 is 39.1. The zero-order valence-electron chi connectivity index (χ0n) is 9.55. The Morgan fingerprint density at radius 3 is 2.53 bits per heavy atom. The molecule has 0 aliphatic heterocycles. The van der Waals surface area contributed by atoms with E-state index in [0.717, 1.165) is 0 Å². The molecular formula is C12H7BrF3NO2. The standard InChI is InChI=1S/C12H7BrF3NO2/c1-5-3-2-4-6-8(12(14,15)16)7(11(18)19)10(13)17-9(5)6/h2-4H,1H3,(H,18,19). The number of carboxylic acids is 1. The maximum Gasteiger partial charge on any atom is 0.418 e. The average Bonchev–Trinajstić information content (AvgIpc) is 2.27. The first-order valence-electron chi connectivity index (χ1n) is 5.12. The van der Waals surface area contributed by atoms with Gasteiger partial charge in [-0.1, -0.05) is 18.2 Å². The van der Waals surface area contributed by atoms with E-state index in [1.54, 1.807) is 13.0 Å². The molecular weight excluding hydrogens is 327 g/mol. The summed E-state index contributed by atoms with van der Waals surface area (Å²) in [4.78, 5) is 15.0. The molecule has 0 saturated heterocycles. The molecule has 1 N–H and O–H groups in total. The van der Waals surface area contributed by atoms with Crippen molar-refractivity contribution in [1.29, 1.82) is 0 Å². The molecule has 1 heterocycles. The lowest BCUT2D eigenvalue weighted by atomic mass is 10.0. The van der Waals surface area contributed by atoms with Crippen LogP contribution in [0.1, 0.15) is 21.5 Å². The van der Waals surface area contributed by atoms with Crippen molar-refractivity contribution in [2.24, 2.45) is 0 Å². The molecule has 2 aromatic rings. The van der Waals surface area contributed by atoms with Crippen LogP contribution in [0.2, 0.25) is 0 Å². The summed E-state index contributed by atoms with van der Waals surface area (Å²) in [6.45, 7) is 1.61. The van der Waals surface area contributed by atoms with Crippen LogP contribution < -0.4 is 0 Å². The number of nitrogens with zero attached hydrogens (tertiary/aromatic N) is 1. The number of pyridine rings is 1. The van der Waals surface area contributed by atoms with Crippen molar-refractivity contribution >= 4 is 32.8 Å². The van der Waals surface area contributed by atoms with Gasteiger partial charge in [0.2, 0.25) is 0 Å². The molecule has 0 aliphatic rings. The number of aromatic carboxylic acids is 1. The Labute approximate surface area is 114 Å². The van der Waals surface area contributed by atoms with Gasteiger partial charge in [-0.3, -0.25) is 0 Å². The highest BCUT2D eigenvalue weighted by Crippen LogP contribution is 2.39. The minimum atomic E-state index is -4.77. The first-order chi connectivity index (χ1) is 8.73. The van der Waals surface area contributed by atoms with Gasteiger partial charge < -0.3 is 5.11 Å². The number of hydrogen-bond donors (Lipinski definition) is 1. The zero-order chi connectivity index (χ0) is 14.4. The van der Waals surface area contributed by atoms with Crippen LogP contribution in [0, 0.1) is 6.92 Å². The molecule has 1 aromatic heterocycles. The van der Waals surface area contributed by atoms with E-state index in [-0.39, 0.29) is 15.5 Å². The Bertz CT molecular complexity index is 683. The molecule has 0 unspecified atom stereocenters. The normalized spacial score (nSPS) is 11.8. The van der Waals surface area contributed by atoms with Gasteiger partial charge in [-0.05, 0) is 28.4 Å². The fourth-order valence-corrected chi connectivity index (χ4v) is 2.44. The van der Waals surface area contributed by atoms with Crippen molar-refractivity contribution in [1.82, 2.24) is 4.98 Å². The molecule has 0 atom stereocenters. The van der Waals surface area contributed by atoms with Crippen molar-refractivity contribution in [3.63, 3.8) is 0 Å². The second kappa shape index (κ2) is 4.48. The van der Waals surface area contributed by atoms with E-state index >= 15 is 0 Å². The highest BCUT2D eigenvalue weighted by Gasteiger charge is 2.39. The predicted octanol–water partition coefficient (Wildman–Crippen LogP) is 4.02. The Kier molecular flexibility index (Phi) is 3.25. The van der Waals surface area contributed by atoms with Gasteiger partial charge in [-0.2, -0.15) is 13.2 Å². The summed E-state index contributed by atoms with van der Waals surface area (Å²) in [6, 6.07) is 4.27. The number of aromatic nitrogens is 1. The number of carbonyl (C=O) groups is 1. The highest BCUT2D eigenvalue weighted by molar-refractivity contribution is 9.10. The molecule has 2 rings (SSSR count). The number of rotatable bonds is 1. The lowest BCUT2D eigenvalue weighted by Crippen LogP contribution is -2.15. The second-order valence-electron chi connectivity index (χ2n) is 3.93. The summed E-state index contributed by atoms with van der Waals surface area (Å²) in [6.07, 6.45) is -4.77. The lowest BCUT2D eigenvalue weighted by molar-refractivity contribution is -0.136.